The number of pyridine rings is 1. The molecule has 2 aliphatic heterocycles. The molecular weight excluding hydrogens is 507 g/mol. The van der Waals surface area contributed by atoms with Crippen LogP contribution in [0.1, 0.15) is 62.1 Å². The second-order valence-electron chi connectivity index (χ2n) is 11.9. The van der Waals surface area contributed by atoms with Gasteiger partial charge in [-0.2, -0.15) is 13.2 Å². The molecule has 2 aromatic heterocycles. The number of nitrogens with zero attached hydrogens (tertiary/aromatic N) is 4. The number of halogens is 5. The van der Waals surface area contributed by atoms with Gasteiger partial charge in [-0.25, -0.2) is 24.4 Å². The number of fused-ring (bicyclic) bond motifs is 1. The summed E-state index contributed by atoms with van der Waals surface area (Å²) in [6.07, 6.45) is 5.34. The summed E-state index contributed by atoms with van der Waals surface area (Å²) in [4.78, 5) is 17.2. The van der Waals surface area contributed by atoms with Gasteiger partial charge in [-0.3, -0.25) is 18.8 Å². The number of alkyl halides is 5. The van der Waals surface area contributed by atoms with Gasteiger partial charge in [-0.15, -0.1) is 0 Å². The highest BCUT2D eigenvalue weighted by Gasteiger charge is 2.45. The van der Waals surface area contributed by atoms with Crippen LogP contribution in [0.5, 0.6) is 0 Å². The largest absolute Gasteiger partial charge is 0.418 e. The fraction of sp³-hybridized carbons (Fsp3) is 0.731. The average Bonchev–Trinajstić information content (AvgIpc) is 3.37. The van der Waals surface area contributed by atoms with Crippen LogP contribution in [0.4, 0.5) is 22.0 Å². The van der Waals surface area contributed by atoms with Crippen molar-refractivity contribution < 1.29 is 22.0 Å². The van der Waals surface area contributed by atoms with Crippen LogP contribution in [0.2, 0.25) is 0 Å². The van der Waals surface area contributed by atoms with Crippen LogP contribution in [0.15, 0.2) is 23.3 Å². The quantitative estimate of drug-likeness (QED) is 0.540. The number of hydrogen-bond donors (Lipinski definition) is 2. The summed E-state index contributed by atoms with van der Waals surface area (Å²) in [6.45, 7) is -0.286. The Balaban J connectivity index is 1.30. The Bertz CT molecular complexity index is 1230. The van der Waals surface area contributed by atoms with Crippen molar-refractivity contribution in [2.75, 3.05) is 26.8 Å². The highest BCUT2D eigenvalue weighted by molar-refractivity contribution is 5.56. The third-order valence-corrected chi connectivity index (χ3v) is 9.21. The molecule has 3 unspecified atom stereocenters. The topological polar surface area (TPSA) is 56.9 Å². The minimum atomic E-state index is -4.67. The summed E-state index contributed by atoms with van der Waals surface area (Å²) in [5, 5.41) is 0. The van der Waals surface area contributed by atoms with Crippen LogP contribution in [0.25, 0.3) is 5.52 Å². The highest BCUT2D eigenvalue weighted by atomic mass is 19.4. The summed E-state index contributed by atoms with van der Waals surface area (Å²) < 4.78 is 71.3. The average molecular weight is 543 g/mol. The number of hydrogen-bond acceptors (Lipinski definition) is 5. The molecule has 210 valence electrons. The predicted octanol–water partition coefficient (Wildman–Crippen LogP) is 4.04. The first-order valence-electron chi connectivity index (χ1n) is 13.6. The van der Waals surface area contributed by atoms with E-state index in [0.29, 0.717) is 17.8 Å². The van der Waals surface area contributed by atoms with Crippen molar-refractivity contribution in [2.24, 2.45) is 17.8 Å². The SMILES string of the molecule is CN1CNNC1[C@H](C1CCC1)C1CCCC(n2cc3c(C(F)(F)F)cc(CN4CC(F)(F)C4)cn3c2=O)C1. The Morgan fingerprint density at radius 3 is 2.39 bits per heavy atom. The first-order valence-corrected chi connectivity index (χ1v) is 13.6. The summed E-state index contributed by atoms with van der Waals surface area (Å²) in [5.74, 6) is -1.44. The molecule has 6 rings (SSSR count). The lowest BCUT2D eigenvalue weighted by molar-refractivity contribution is -0.138. The third-order valence-electron chi connectivity index (χ3n) is 9.21. The Labute approximate surface area is 217 Å². The number of hydrazine groups is 1. The van der Waals surface area contributed by atoms with E-state index in [-0.39, 0.29) is 29.8 Å². The van der Waals surface area contributed by atoms with Gasteiger partial charge in [0.1, 0.15) is 0 Å². The van der Waals surface area contributed by atoms with Crippen molar-refractivity contribution in [1.29, 1.82) is 0 Å². The minimum absolute atomic E-state index is 0.0588. The summed E-state index contributed by atoms with van der Waals surface area (Å²) in [7, 11) is 2.09. The van der Waals surface area contributed by atoms with E-state index >= 15 is 0 Å². The van der Waals surface area contributed by atoms with Crippen molar-refractivity contribution in [3.05, 3.63) is 40.1 Å². The molecule has 4 aliphatic rings. The second kappa shape index (κ2) is 9.57. The zero-order chi connectivity index (χ0) is 26.8. The summed E-state index contributed by atoms with van der Waals surface area (Å²) in [5.41, 5.74) is 5.28. The van der Waals surface area contributed by atoms with Crippen LogP contribution < -0.4 is 16.5 Å². The Kier molecular flexibility index (Phi) is 6.60. The molecular formula is C26H35F5N6O. The van der Waals surface area contributed by atoms with E-state index in [0.717, 1.165) is 42.8 Å². The molecule has 2 N–H and O–H groups in total. The molecule has 4 heterocycles. The third kappa shape index (κ3) is 4.77. The Morgan fingerprint density at radius 1 is 1.08 bits per heavy atom. The molecule has 2 saturated carbocycles. The van der Waals surface area contributed by atoms with Crippen LogP contribution >= 0.6 is 0 Å². The molecule has 0 spiro atoms. The van der Waals surface area contributed by atoms with Crippen LogP contribution in [-0.2, 0) is 12.7 Å². The normalized spacial score (nSPS) is 29.9. The lowest BCUT2D eigenvalue weighted by Crippen LogP contribution is -2.55. The van der Waals surface area contributed by atoms with Crippen LogP contribution in [0.3, 0.4) is 0 Å². The number of aromatic nitrogens is 2. The van der Waals surface area contributed by atoms with Crippen molar-refractivity contribution >= 4 is 5.52 Å². The molecule has 0 bridgehead atoms. The molecule has 0 radical (unpaired) electrons. The van der Waals surface area contributed by atoms with Gasteiger partial charge in [-0.1, -0.05) is 25.7 Å². The molecule has 4 atom stereocenters. The maximum atomic E-state index is 14.1. The van der Waals surface area contributed by atoms with Crippen molar-refractivity contribution in [3.8, 4) is 0 Å². The van der Waals surface area contributed by atoms with Gasteiger partial charge >= 0.3 is 11.9 Å². The van der Waals surface area contributed by atoms with Gasteiger partial charge in [0.25, 0.3) is 5.92 Å². The number of likely N-dealkylation sites (tertiary alicyclic amines) is 1. The standard InChI is InChI=1S/C26H35F5N6O/c1-34-15-32-33-23(34)22(17-4-2-5-17)18-6-3-7-19(9-18)36-12-21-20(26(29,30)31)8-16(11-37(21)24(36)38)10-35-13-25(27,28)14-35/h8,11-12,17-19,22-23,32-33H,2-7,9-10,13-15H2,1H3/t18?,19?,22-,23?/m1/s1. The van der Waals surface area contributed by atoms with E-state index in [2.05, 4.69) is 22.8 Å². The first-order chi connectivity index (χ1) is 18.0. The van der Waals surface area contributed by atoms with Crippen molar-refractivity contribution in [3.63, 3.8) is 0 Å². The molecule has 7 nitrogen and oxygen atoms in total. The second-order valence-corrected chi connectivity index (χ2v) is 11.9. The van der Waals surface area contributed by atoms with E-state index in [4.69, 9.17) is 0 Å². The summed E-state index contributed by atoms with van der Waals surface area (Å²) in [6, 6.07) is 0.822. The van der Waals surface area contributed by atoms with Crippen LogP contribution in [-0.4, -0.2) is 57.7 Å². The lowest BCUT2D eigenvalue weighted by Gasteiger charge is -2.46. The van der Waals surface area contributed by atoms with E-state index in [1.54, 1.807) is 0 Å². The fourth-order valence-corrected chi connectivity index (χ4v) is 7.22. The van der Waals surface area contributed by atoms with E-state index in [9.17, 15) is 26.7 Å². The number of rotatable bonds is 6. The summed E-state index contributed by atoms with van der Waals surface area (Å²) >= 11 is 0. The molecule has 38 heavy (non-hydrogen) atoms. The van der Waals surface area contributed by atoms with Crippen LogP contribution in [0, 0.1) is 17.8 Å². The monoisotopic (exact) mass is 542 g/mol. The van der Waals surface area contributed by atoms with Gasteiger partial charge < -0.3 is 0 Å². The number of nitrogens with one attached hydrogen (secondary N) is 2. The minimum Gasteiger partial charge on any atom is -0.295 e. The molecule has 2 aromatic rings. The van der Waals surface area contributed by atoms with E-state index in [1.807, 2.05) is 0 Å². The van der Waals surface area contributed by atoms with Crippen molar-refractivity contribution in [1.82, 2.24) is 29.6 Å². The fourth-order valence-electron chi connectivity index (χ4n) is 7.22. The highest BCUT2D eigenvalue weighted by Crippen LogP contribution is 2.47. The van der Waals surface area contributed by atoms with Gasteiger partial charge in [0.05, 0.1) is 37.0 Å². The van der Waals surface area contributed by atoms with E-state index < -0.39 is 36.4 Å². The molecule has 2 saturated heterocycles. The number of imidazole rings is 1. The van der Waals surface area contributed by atoms with Crippen molar-refractivity contribution in [2.45, 2.75) is 75.8 Å². The Morgan fingerprint density at radius 2 is 1.79 bits per heavy atom. The zero-order valence-electron chi connectivity index (χ0n) is 21.5. The zero-order valence-corrected chi connectivity index (χ0v) is 21.5. The molecule has 4 fully saturated rings. The predicted molar refractivity (Wildman–Crippen MR) is 131 cm³/mol. The molecule has 0 aromatic carbocycles. The maximum absolute atomic E-state index is 14.1. The molecule has 12 heteroatoms. The van der Waals surface area contributed by atoms with E-state index in [1.165, 1.54) is 41.1 Å². The first kappa shape index (κ1) is 26.2. The smallest absolute Gasteiger partial charge is 0.295 e. The van der Waals surface area contributed by atoms with Gasteiger partial charge in [-0.05, 0) is 55.7 Å². The van der Waals surface area contributed by atoms with Gasteiger partial charge in [0.15, 0.2) is 0 Å². The molecule has 0 amide bonds. The molecule has 2 aliphatic carbocycles. The lowest BCUT2D eigenvalue weighted by atomic mass is 9.65. The maximum Gasteiger partial charge on any atom is 0.418 e. The Hall–Kier alpha value is -2.02. The van der Waals surface area contributed by atoms with Gasteiger partial charge in [0.2, 0.25) is 0 Å². The van der Waals surface area contributed by atoms with Gasteiger partial charge in [0, 0.05) is 25.0 Å².